The summed E-state index contributed by atoms with van der Waals surface area (Å²) < 4.78 is 3.00. The highest BCUT2D eigenvalue weighted by Crippen LogP contribution is 2.38. The van der Waals surface area contributed by atoms with Gasteiger partial charge < -0.3 is 9.90 Å². The van der Waals surface area contributed by atoms with Gasteiger partial charge in [-0.15, -0.1) is 0 Å². The lowest BCUT2D eigenvalue weighted by Crippen LogP contribution is -2.36. The van der Waals surface area contributed by atoms with E-state index < -0.39 is 5.97 Å². The van der Waals surface area contributed by atoms with Crippen molar-refractivity contribution < 1.29 is 14.5 Å². The van der Waals surface area contributed by atoms with Crippen molar-refractivity contribution in [2.24, 2.45) is 4.99 Å². The maximum atomic E-state index is 10.5. The third-order valence-corrected chi connectivity index (χ3v) is 4.14. The Morgan fingerprint density at radius 3 is 2.84 bits per heavy atom. The van der Waals surface area contributed by atoms with Gasteiger partial charge in [-0.1, -0.05) is 0 Å². The molecule has 0 radical (unpaired) electrons. The predicted octanol–water partition coefficient (Wildman–Crippen LogP) is 1.65. The number of aromatic nitrogens is 1. The molecule has 0 spiro atoms. The summed E-state index contributed by atoms with van der Waals surface area (Å²) >= 11 is 3.51. The molecule has 1 aliphatic heterocycles. The molecule has 0 saturated carbocycles. The van der Waals surface area contributed by atoms with Crippen molar-refractivity contribution in [3.05, 3.63) is 22.3 Å². The van der Waals surface area contributed by atoms with Crippen molar-refractivity contribution in [2.45, 2.75) is 45.6 Å². The maximum Gasteiger partial charge on any atom is 0.327 e. The minimum atomic E-state index is -1.01. The molecule has 0 saturated heterocycles. The van der Waals surface area contributed by atoms with E-state index >= 15 is 0 Å². The van der Waals surface area contributed by atoms with Gasteiger partial charge in [0.2, 0.25) is 0 Å². The van der Waals surface area contributed by atoms with Crippen LogP contribution in [0.1, 0.15) is 39.2 Å². The van der Waals surface area contributed by atoms with Crippen LogP contribution >= 0.6 is 15.9 Å². The number of carboxylic acid groups (broad SMARTS) is 1. The number of aliphatic carboxylic acids is 1. The molecule has 1 aliphatic rings. The van der Waals surface area contributed by atoms with Crippen molar-refractivity contribution >= 4 is 33.4 Å². The summed E-state index contributed by atoms with van der Waals surface area (Å²) in [6.45, 7) is 6.95. The molecule has 2 heterocycles. The molecule has 2 rings (SSSR count). The van der Waals surface area contributed by atoms with Crippen LogP contribution in [0.25, 0.3) is 0 Å². The fourth-order valence-corrected chi connectivity index (χ4v) is 2.72. The van der Waals surface area contributed by atoms with E-state index in [1.807, 2.05) is 17.7 Å². The Labute approximate surface area is 121 Å². The van der Waals surface area contributed by atoms with Gasteiger partial charge in [0.1, 0.15) is 11.9 Å². The molecule has 0 aliphatic carbocycles. The molecular formula is C14H17BrN2O2. The summed E-state index contributed by atoms with van der Waals surface area (Å²) in [5, 5.41) is 10.5. The van der Waals surface area contributed by atoms with Gasteiger partial charge in [-0.05, 0) is 60.6 Å². The maximum absolute atomic E-state index is 10.5. The summed E-state index contributed by atoms with van der Waals surface area (Å²) in [4.78, 5) is 15.1. The second-order valence-electron chi connectivity index (χ2n) is 5.39. The number of nitrogens with zero attached hydrogens (tertiary/aromatic N) is 2. The van der Waals surface area contributed by atoms with Crippen LogP contribution < -0.4 is 9.67 Å². The van der Waals surface area contributed by atoms with Gasteiger partial charge in [-0.2, -0.15) is 0 Å². The molecule has 19 heavy (non-hydrogen) atoms. The van der Waals surface area contributed by atoms with Crippen LogP contribution in [0.3, 0.4) is 0 Å². The standard InChI is InChI=1S/C14H17BrN2O2/c1-9-14(2,3)11-7-10(15)8-17(13(11)16-9)6-4-5-12(18)19/h7-8H,4-6H2,1-3H3. The molecule has 0 amide bonds. The number of fused-ring (bicyclic) bond motifs is 1. The van der Waals surface area contributed by atoms with Crippen molar-refractivity contribution in [1.82, 2.24) is 0 Å². The van der Waals surface area contributed by atoms with Gasteiger partial charge in [0.05, 0.1) is 22.0 Å². The van der Waals surface area contributed by atoms with Gasteiger partial charge in [0, 0.05) is 5.97 Å². The summed E-state index contributed by atoms with van der Waals surface area (Å²) in [5.41, 5.74) is 2.18. The number of hydrogen-bond donors (Lipinski definition) is 0. The summed E-state index contributed by atoms with van der Waals surface area (Å²) in [7, 11) is 0. The SMILES string of the molecule is CC1=Nc2c(cc(Br)c[n+]2CCCC(=O)[O-])C1(C)C. The number of carbonyl (C=O) groups excluding carboxylic acids is 1. The van der Waals surface area contributed by atoms with Crippen LogP contribution in [0.4, 0.5) is 5.82 Å². The summed E-state index contributed by atoms with van der Waals surface area (Å²) in [6, 6.07) is 2.09. The van der Waals surface area contributed by atoms with E-state index in [1.54, 1.807) is 0 Å². The fourth-order valence-electron chi connectivity index (χ4n) is 2.25. The van der Waals surface area contributed by atoms with Crippen LogP contribution in [0.2, 0.25) is 0 Å². The Morgan fingerprint density at radius 1 is 1.53 bits per heavy atom. The van der Waals surface area contributed by atoms with Crippen LogP contribution in [0.5, 0.6) is 0 Å². The normalized spacial score (nSPS) is 16.1. The van der Waals surface area contributed by atoms with Crippen LogP contribution in [-0.4, -0.2) is 11.7 Å². The zero-order valence-electron chi connectivity index (χ0n) is 11.4. The van der Waals surface area contributed by atoms with E-state index in [0.29, 0.717) is 13.0 Å². The smallest absolute Gasteiger partial charge is 0.327 e. The Bertz CT molecular complexity index is 565. The Morgan fingerprint density at radius 2 is 2.21 bits per heavy atom. The molecule has 0 aromatic carbocycles. The Kier molecular flexibility index (Phi) is 3.76. The first-order valence-electron chi connectivity index (χ1n) is 6.31. The topological polar surface area (TPSA) is 56.4 Å². The average molecular weight is 325 g/mol. The predicted molar refractivity (Wildman–Crippen MR) is 74.4 cm³/mol. The number of rotatable bonds is 4. The highest BCUT2D eigenvalue weighted by atomic mass is 79.9. The first-order valence-corrected chi connectivity index (χ1v) is 7.11. The molecule has 0 bridgehead atoms. The third-order valence-electron chi connectivity index (χ3n) is 3.71. The van der Waals surface area contributed by atoms with E-state index in [1.165, 1.54) is 5.56 Å². The zero-order valence-corrected chi connectivity index (χ0v) is 13.0. The number of aliphatic imine (C=N–C) groups is 1. The highest BCUT2D eigenvalue weighted by Gasteiger charge is 2.41. The number of aryl methyl sites for hydroxylation is 1. The molecule has 102 valence electrons. The number of hydrogen-bond acceptors (Lipinski definition) is 3. The lowest BCUT2D eigenvalue weighted by Gasteiger charge is -2.16. The zero-order chi connectivity index (χ0) is 14.2. The molecule has 1 aromatic heterocycles. The fraction of sp³-hybridized carbons (Fsp3) is 0.500. The third kappa shape index (κ3) is 2.71. The molecule has 0 fully saturated rings. The first-order chi connectivity index (χ1) is 8.82. The molecule has 1 aromatic rings. The van der Waals surface area contributed by atoms with E-state index in [9.17, 15) is 9.90 Å². The van der Waals surface area contributed by atoms with Gasteiger partial charge in [-0.25, -0.2) is 4.57 Å². The minimum absolute atomic E-state index is 0.0698. The lowest BCUT2D eigenvalue weighted by molar-refractivity contribution is -0.685. The molecular weight excluding hydrogens is 308 g/mol. The van der Waals surface area contributed by atoms with Gasteiger partial charge in [0.15, 0.2) is 0 Å². The number of carbonyl (C=O) groups is 1. The Hall–Kier alpha value is -1.23. The average Bonchev–Trinajstić information content (AvgIpc) is 2.51. The number of carboxylic acids is 1. The van der Waals surface area contributed by atoms with Crippen molar-refractivity contribution in [2.75, 3.05) is 0 Å². The largest absolute Gasteiger partial charge is 0.550 e. The van der Waals surface area contributed by atoms with Crippen LogP contribution in [0.15, 0.2) is 21.7 Å². The molecule has 4 nitrogen and oxygen atoms in total. The second kappa shape index (κ2) is 5.04. The Balaban J connectivity index is 2.34. The second-order valence-corrected chi connectivity index (χ2v) is 6.30. The molecule has 0 atom stereocenters. The molecule has 0 N–H and O–H groups in total. The van der Waals surface area contributed by atoms with Gasteiger partial charge in [0.25, 0.3) is 0 Å². The van der Waals surface area contributed by atoms with Crippen molar-refractivity contribution in [1.29, 1.82) is 0 Å². The van der Waals surface area contributed by atoms with Crippen LogP contribution in [0, 0.1) is 0 Å². The highest BCUT2D eigenvalue weighted by molar-refractivity contribution is 9.10. The molecule has 5 heteroatoms. The number of halogens is 1. The quantitative estimate of drug-likeness (QED) is 0.791. The van der Waals surface area contributed by atoms with Gasteiger partial charge >= 0.3 is 5.82 Å². The van der Waals surface area contributed by atoms with Crippen molar-refractivity contribution in [3.63, 3.8) is 0 Å². The summed E-state index contributed by atoms with van der Waals surface area (Å²) in [6.07, 6.45) is 2.57. The minimum Gasteiger partial charge on any atom is -0.550 e. The van der Waals surface area contributed by atoms with E-state index in [-0.39, 0.29) is 11.8 Å². The monoisotopic (exact) mass is 324 g/mol. The molecule has 0 unspecified atom stereocenters. The van der Waals surface area contributed by atoms with Gasteiger partial charge in [-0.3, -0.25) is 0 Å². The first kappa shape index (κ1) is 14.2. The van der Waals surface area contributed by atoms with E-state index in [4.69, 9.17) is 0 Å². The summed E-state index contributed by atoms with van der Waals surface area (Å²) in [5.74, 6) is -0.0729. The van der Waals surface area contributed by atoms with Crippen LogP contribution in [-0.2, 0) is 16.8 Å². The lowest BCUT2D eigenvalue weighted by atomic mass is 9.83. The van der Waals surface area contributed by atoms with E-state index in [0.717, 1.165) is 16.0 Å². The number of pyridine rings is 1. The van der Waals surface area contributed by atoms with Crippen molar-refractivity contribution in [3.8, 4) is 0 Å². The van der Waals surface area contributed by atoms with E-state index in [2.05, 4.69) is 40.8 Å².